The van der Waals surface area contributed by atoms with Gasteiger partial charge in [-0.3, -0.25) is 9.59 Å². The number of carbonyl (C=O) groups excluding carboxylic acids is 2. The average molecular weight is 406 g/mol. The molecule has 1 aromatic carbocycles. The zero-order chi connectivity index (χ0) is 21.2. The van der Waals surface area contributed by atoms with Crippen molar-refractivity contribution in [1.29, 1.82) is 5.26 Å². The van der Waals surface area contributed by atoms with Gasteiger partial charge in [0.2, 0.25) is 5.91 Å². The van der Waals surface area contributed by atoms with Crippen molar-refractivity contribution in [2.45, 2.75) is 12.2 Å². The summed E-state index contributed by atoms with van der Waals surface area (Å²) in [5, 5.41) is 11.4. The third-order valence-corrected chi connectivity index (χ3v) is 4.75. The second kappa shape index (κ2) is 7.87. The molecule has 1 unspecified atom stereocenters. The van der Waals surface area contributed by atoms with Gasteiger partial charge in [0.05, 0.1) is 29.0 Å². The predicted molar refractivity (Wildman–Crippen MR) is 96.0 cm³/mol. The number of nitriles is 1. The minimum absolute atomic E-state index is 0.00641. The highest BCUT2D eigenvalue weighted by molar-refractivity contribution is 5.97. The lowest BCUT2D eigenvalue weighted by Gasteiger charge is -2.41. The van der Waals surface area contributed by atoms with Crippen molar-refractivity contribution in [3.05, 3.63) is 53.5 Å². The van der Waals surface area contributed by atoms with E-state index < -0.39 is 35.2 Å². The van der Waals surface area contributed by atoms with Crippen LogP contribution in [-0.4, -0.2) is 49.4 Å². The van der Waals surface area contributed by atoms with Gasteiger partial charge in [0.25, 0.3) is 5.91 Å². The summed E-state index contributed by atoms with van der Waals surface area (Å²) in [5.41, 5.74) is -1.01. The first-order valence-corrected chi connectivity index (χ1v) is 8.67. The molecule has 1 N–H and O–H groups in total. The summed E-state index contributed by atoms with van der Waals surface area (Å²) in [6, 6.07) is 5.53. The Balaban J connectivity index is 1.90. The molecule has 3 rings (SSSR count). The fraction of sp³-hybridized carbons (Fsp3) is 0.316. The van der Waals surface area contributed by atoms with Crippen LogP contribution in [0.1, 0.15) is 21.5 Å². The number of hydrogen-bond acceptors (Lipinski definition) is 5. The lowest BCUT2D eigenvalue weighted by molar-refractivity contribution is -0.137. The number of amides is 2. The first-order chi connectivity index (χ1) is 13.8. The van der Waals surface area contributed by atoms with Crippen molar-refractivity contribution in [3.63, 3.8) is 0 Å². The van der Waals surface area contributed by atoms with Crippen LogP contribution in [0.5, 0.6) is 0 Å². The van der Waals surface area contributed by atoms with Crippen LogP contribution in [0.4, 0.5) is 18.9 Å². The number of likely N-dealkylation sites (N-methyl/N-ethyl adjacent to an activating group) is 1. The Kier molecular flexibility index (Phi) is 5.50. The predicted octanol–water partition coefficient (Wildman–Crippen LogP) is 2.25. The molecule has 10 heteroatoms. The Morgan fingerprint density at radius 3 is 2.62 bits per heavy atom. The number of alkyl halides is 3. The SMILES string of the molecule is CNC(=O)C1CN(c2ccc(C#N)c(C(F)(F)F)c2)CCN1C(=O)c1ccoc1. The highest BCUT2D eigenvalue weighted by Gasteiger charge is 2.38. The third kappa shape index (κ3) is 4.03. The summed E-state index contributed by atoms with van der Waals surface area (Å²) in [6.45, 7) is 0.357. The topological polar surface area (TPSA) is 89.6 Å². The molecule has 7 nitrogen and oxygen atoms in total. The number of piperazine rings is 1. The lowest BCUT2D eigenvalue weighted by atomic mass is 10.0. The summed E-state index contributed by atoms with van der Waals surface area (Å²) in [6.07, 6.45) is -2.07. The van der Waals surface area contributed by atoms with Crippen LogP contribution in [0, 0.1) is 11.3 Å². The van der Waals surface area contributed by atoms with Crippen LogP contribution < -0.4 is 10.2 Å². The molecule has 1 fully saturated rings. The molecule has 1 saturated heterocycles. The van der Waals surface area contributed by atoms with Gasteiger partial charge in [0.1, 0.15) is 12.3 Å². The van der Waals surface area contributed by atoms with Gasteiger partial charge in [0.15, 0.2) is 0 Å². The Morgan fingerprint density at radius 2 is 2.03 bits per heavy atom. The standard InChI is InChI=1S/C19H17F3N4O3/c1-24-17(27)16-10-25(5-6-26(16)18(28)13-4-7-29-11-13)14-3-2-12(9-23)15(8-14)19(20,21)22/h2-4,7-8,11,16H,5-6,10H2,1H3,(H,24,27). The first kappa shape index (κ1) is 20.3. The van der Waals surface area contributed by atoms with Gasteiger partial charge in [-0.15, -0.1) is 0 Å². The van der Waals surface area contributed by atoms with Crippen molar-refractivity contribution in [1.82, 2.24) is 10.2 Å². The Hall–Kier alpha value is -3.48. The van der Waals surface area contributed by atoms with Gasteiger partial charge in [-0.25, -0.2) is 0 Å². The van der Waals surface area contributed by atoms with Gasteiger partial charge in [-0.2, -0.15) is 18.4 Å². The molecule has 1 atom stereocenters. The number of anilines is 1. The van der Waals surface area contributed by atoms with Crippen molar-refractivity contribution in [2.75, 3.05) is 31.6 Å². The largest absolute Gasteiger partial charge is 0.472 e. The zero-order valence-electron chi connectivity index (χ0n) is 15.4. The van der Waals surface area contributed by atoms with Crippen LogP contribution in [-0.2, 0) is 11.0 Å². The second-order valence-corrected chi connectivity index (χ2v) is 6.43. The number of halogens is 3. The molecular formula is C19H17F3N4O3. The van der Waals surface area contributed by atoms with E-state index >= 15 is 0 Å². The molecule has 1 aliphatic heterocycles. The smallest absolute Gasteiger partial charge is 0.417 e. The number of nitrogens with one attached hydrogen (secondary N) is 1. The maximum Gasteiger partial charge on any atom is 0.417 e. The van der Waals surface area contributed by atoms with Crippen LogP contribution in [0.25, 0.3) is 0 Å². The minimum atomic E-state index is -4.68. The van der Waals surface area contributed by atoms with E-state index in [0.29, 0.717) is 0 Å². The van der Waals surface area contributed by atoms with Gasteiger partial charge < -0.3 is 19.5 Å². The second-order valence-electron chi connectivity index (χ2n) is 6.43. The summed E-state index contributed by atoms with van der Waals surface area (Å²) >= 11 is 0. The molecule has 1 aliphatic rings. The molecule has 0 radical (unpaired) electrons. The third-order valence-electron chi connectivity index (χ3n) is 4.75. The Bertz CT molecular complexity index is 951. The number of carbonyl (C=O) groups is 2. The molecule has 0 spiro atoms. The summed E-state index contributed by atoms with van der Waals surface area (Å²) in [5.74, 6) is -0.834. The van der Waals surface area contributed by atoms with E-state index in [9.17, 15) is 22.8 Å². The molecule has 2 amide bonds. The normalized spacial score (nSPS) is 17.0. The van der Waals surface area contributed by atoms with Gasteiger partial charge in [-0.1, -0.05) is 0 Å². The number of rotatable bonds is 3. The molecule has 29 heavy (non-hydrogen) atoms. The first-order valence-electron chi connectivity index (χ1n) is 8.67. The summed E-state index contributed by atoms with van der Waals surface area (Å²) < 4.78 is 44.7. The number of nitrogens with zero attached hydrogens (tertiary/aromatic N) is 3. The van der Waals surface area contributed by atoms with Crippen molar-refractivity contribution in [2.24, 2.45) is 0 Å². The number of furan rings is 1. The van der Waals surface area contributed by atoms with Crippen molar-refractivity contribution < 1.29 is 27.2 Å². The molecular weight excluding hydrogens is 389 g/mol. The van der Waals surface area contributed by atoms with E-state index in [0.717, 1.165) is 12.1 Å². The lowest BCUT2D eigenvalue weighted by Crippen LogP contribution is -2.60. The molecule has 152 valence electrons. The van der Waals surface area contributed by atoms with Gasteiger partial charge >= 0.3 is 6.18 Å². The molecule has 0 bridgehead atoms. The highest BCUT2D eigenvalue weighted by Crippen LogP contribution is 2.35. The quantitative estimate of drug-likeness (QED) is 0.845. The molecule has 0 aliphatic carbocycles. The van der Waals surface area contributed by atoms with Gasteiger partial charge in [0, 0.05) is 32.4 Å². The fourth-order valence-electron chi connectivity index (χ4n) is 3.26. The van der Waals surface area contributed by atoms with E-state index in [1.54, 1.807) is 11.0 Å². The number of benzene rings is 1. The monoisotopic (exact) mass is 406 g/mol. The van der Waals surface area contributed by atoms with Crippen LogP contribution in [0.2, 0.25) is 0 Å². The Morgan fingerprint density at radius 1 is 1.28 bits per heavy atom. The van der Waals surface area contributed by atoms with E-state index in [-0.39, 0.29) is 30.9 Å². The highest BCUT2D eigenvalue weighted by atomic mass is 19.4. The molecule has 2 heterocycles. The number of hydrogen-bond donors (Lipinski definition) is 1. The van der Waals surface area contributed by atoms with Crippen LogP contribution in [0.3, 0.4) is 0 Å². The zero-order valence-corrected chi connectivity index (χ0v) is 15.4. The van der Waals surface area contributed by atoms with Crippen molar-refractivity contribution in [3.8, 4) is 6.07 Å². The van der Waals surface area contributed by atoms with E-state index in [1.165, 1.54) is 36.6 Å². The average Bonchev–Trinajstić information content (AvgIpc) is 3.26. The molecule has 0 saturated carbocycles. The Labute approximate surface area is 164 Å². The molecule has 2 aromatic rings. The summed E-state index contributed by atoms with van der Waals surface area (Å²) in [7, 11) is 1.42. The van der Waals surface area contributed by atoms with Gasteiger partial charge in [-0.05, 0) is 24.3 Å². The summed E-state index contributed by atoms with van der Waals surface area (Å²) in [4.78, 5) is 28.0. The minimum Gasteiger partial charge on any atom is -0.472 e. The van der Waals surface area contributed by atoms with Crippen LogP contribution >= 0.6 is 0 Å². The van der Waals surface area contributed by atoms with E-state index in [2.05, 4.69) is 5.32 Å². The maximum absolute atomic E-state index is 13.3. The van der Waals surface area contributed by atoms with Crippen LogP contribution in [0.15, 0.2) is 41.2 Å². The fourth-order valence-corrected chi connectivity index (χ4v) is 3.26. The maximum atomic E-state index is 13.3. The van der Waals surface area contributed by atoms with E-state index in [4.69, 9.17) is 9.68 Å². The van der Waals surface area contributed by atoms with E-state index in [1.807, 2.05) is 0 Å². The molecule has 1 aromatic heterocycles. The van der Waals surface area contributed by atoms with Crippen molar-refractivity contribution >= 4 is 17.5 Å².